The summed E-state index contributed by atoms with van der Waals surface area (Å²) in [6.45, 7) is -0.185. The Hall–Kier alpha value is -3.98. The number of carbonyl (C=O) groups excluding carboxylic acids is 2. The number of esters is 2. The van der Waals surface area contributed by atoms with Crippen molar-refractivity contribution in [3.05, 3.63) is 105 Å². The molecule has 0 saturated carbocycles. The zero-order chi connectivity index (χ0) is 22.5. The maximum Gasteiger partial charge on any atom is 0.338 e. The van der Waals surface area contributed by atoms with Crippen molar-refractivity contribution >= 4 is 11.9 Å². The Labute approximate surface area is 182 Å². The molecule has 32 heavy (non-hydrogen) atoms. The van der Waals surface area contributed by atoms with Crippen LogP contribution >= 0.6 is 0 Å². The number of ether oxygens (including phenoxy) is 3. The van der Waals surface area contributed by atoms with Gasteiger partial charge in [0.15, 0.2) is 0 Å². The van der Waals surface area contributed by atoms with Crippen LogP contribution in [0.15, 0.2) is 82.5 Å². The molecule has 3 aromatic rings. The third kappa shape index (κ3) is 4.84. The number of carbonyl (C=O) groups is 2. The van der Waals surface area contributed by atoms with Crippen molar-refractivity contribution in [2.45, 2.75) is 24.9 Å². The van der Waals surface area contributed by atoms with E-state index < -0.39 is 41.6 Å². The van der Waals surface area contributed by atoms with Crippen molar-refractivity contribution in [2.75, 3.05) is 6.61 Å². The molecule has 9 heteroatoms. The van der Waals surface area contributed by atoms with Crippen LogP contribution in [-0.4, -0.2) is 40.3 Å². The van der Waals surface area contributed by atoms with Gasteiger partial charge < -0.3 is 14.2 Å². The summed E-state index contributed by atoms with van der Waals surface area (Å²) in [6, 6.07) is 18.1. The molecule has 1 aromatic heterocycles. The molecule has 0 bridgehead atoms. The molecule has 1 unspecified atom stereocenters. The van der Waals surface area contributed by atoms with Gasteiger partial charge in [0.1, 0.15) is 25.0 Å². The predicted molar refractivity (Wildman–Crippen MR) is 112 cm³/mol. The second kappa shape index (κ2) is 9.44. The van der Waals surface area contributed by atoms with Crippen molar-refractivity contribution in [3.8, 4) is 0 Å². The van der Waals surface area contributed by atoms with Crippen LogP contribution in [0, 0.1) is 0 Å². The van der Waals surface area contributed by atoms with Gasteiger partial charge in [-0.3, -0.25) is 14.3 Å². The van der Waals surface area contributed by atoms with Crippen molar-refractivity contribution in [1.82, 2.24) is 9.55 Å². The van der Waals surface area contributed by atoms with E-state index >= 15 is 0 Å². The van der Waals surface area contributed by atoms with E-state index in [1.807, 2.05) is 0 Å². The molecule has 2 aromatic carbocycles. The Morgan fingerprint density at radius 2 is 1.56 bits per heavy atom. The summed E-state index contributed by atoms with van der Waals surface area (Å²) < 4.78 is 18.1. The van der Waals surface area contributed by atoms with Crippen LogP contribution in [0.1, 0.15) is 33.4 Å². The summed E-state index contributed by atoms with van der Waals surface area (Å²) in [5.41, 5.74) is -0.462. The summed E-state index contributed by atoms with van der Waals surface area (Å²) >= 11 is 0. The third-order valence-electron chi connectivity index (χ3n) is 5.00. The first-order valence-corrected chi connectivity index (χ1v) is 9.96. The summed E-state index contributed by atoms with van der Waals surface area (Å²) in [7, 11) is 0. The van der Waals surface area contributed by atoms with E-state index in [0.717, 1.165) is 0 Å². The maximum atomic E-state index is 12.6. The zero-order valence-electron chi connectivity index (χ0n) is 16.9. The Morgan fingerprint density at radius 3 is 2.19 bits per heavy atom. The second-order valence-corrected chi connectivity index (χ2v) is 7.16. The molecule has 0 radical (unpaired) electrons. The quantitative estimate of drug-likeness (QED) is 0.587. The van der Waals surface area contributed by atoms with Gasteiger partial charge in [-0.1, -0.05) is 36.4 Å². The van der Waals surface area contributed by atoms with E-state index in [2.05, 4.69) is 4.98 Å². The van der Waals surface area contributed by atoms with Crippen LogP contribution in [0.25, 0.3) is 0 Å². The number of aromatic amines is 1. The number of benzene rings is 2. The highest BCUT2D eigenvalue weighted by Crippen LogP contribution is 2.30. The normalized spacial score (nSPS) is 19.9. The van der Waals surface area contributed by atoms with E-state index in [9.17, 15) is 19.2 Å². The van der Waals surface area contributed by atoms with E-state index in [0.29, 0.717) is 11.1 Å². The lowest BCUT2D eigenvalue weighted by molar-refractivity contribution is -0.0582. The monoisotopic (exact) mass is 436 g/mol. The molecule has 1 N–H and O–H groups in total. The fourth-order valence-corrected chi connectivity index (χ4v) is 3.39. The highest BCUT2D eigenvalue weighted by atomic mass is 16.6. The minimum atomic E-state index is -0.812. The Kier molecular flexibility index (Phi) is 6.27. The summed E-state index contributed by atoms with van der Waals surface area (Å²) in [4.78, 5) is 50.6. The minimum Gasteiger partial charge on any atom is -0.459 e. The lowest BCUT2D eigenvalue weighted by Gasteiger charge is -2.19. The standard InChI is InChI=1S/C23H20N2O7/c26-19-11-12-25(23(29)24-19)20-13-17(32-22(28)16-9-5-2-6-10-16)18(31-20)14-30-21(27)15-7-3-1-4-8-15/h1-12,17-18,20H,13-14H2,(H,24,26,29)/t17?,18-,20+/m0/s1. The number of rotatable bonds is 6. The molecule has 2 heterocycles. The Bertz CT molecular complexity index is 1200. The van der Waals surface area contributed by atoms with Gasteiger partial charge in [-0.15, -0.1) is 0 Å². The molecule has 1 aliphatic rings. The van der Waals surface area contributed by atoms with E-state index in [4.69, 9.17) is 14.2 Å². The molecule has 0 aliphatic carbocycles. The average Bonchev–Trinajstić information content (AvgIpc) is 3.20. The number of nitrogens with one attached hydrogen (secondary N) is 1. The summed E-state index contributed by atoms with van der Waals surface area (Å²) in [6.07, 6.45) is -0.958. The fraction of sp³-hybridized carbons (Fsp3) is 0.217. The molecule has 164 valence electrons. The van der Waals surface area contributed by atoms with E-state index in [1.165, 1.54) is 16.8 Å². The van der Waals surface area contributed by atoms with Crippen LogP contribution < -0.4 is 11.2 Å². The zero-order valence-corrected chi connectivity index (χ0v) is 16.9. The molecule has 1 fully saturated rings. The first kappa shape index (κ1) is 21.3. The molecule has 9 nitrogen and oxygen atoms in total. The predicted octanol–water partition coefficient (Wildman–Crippen LogP) is 1.91. The van der Waals surface area contributed by atoms with Crippen molar-refractivity contribution in [2.24, 2.45) is 0 Å². The minimum absolute atomic E-state index is 0.137. The highest BCUT2D eigenvalue weighted by molar-refractivity contribution is 5.90. The average molecular weight is 436 g/mol. The van der Waals surface area contributed by atoms with Crippen LogP contribution in [0.3, 0.4) is 0 Å². The molecular formula is C23H20N2O7. The molecule has 1 aliphatic heterocycles. The van der Waals surface area contributed by atoms with Crippen molar-refractivity contribution < 1.29 is 23.8 Å². The Morgan fingerprint density at radius 1 is 0.938 bits per heavy atom. The van der Waals surface area contributed by atoms with Crippen molar-refractivity contribution in [3.63, 3.8) is 0 Å². The number of hydrogen-bond donors (Lipinski definition) is 1. The summed E-state index contributed by atoms with van der Waals surface area (Å²) in [5.74, 6) is -1.11. The summed E-state index contributed by atoms with van der Waals surface area (Å²) in [5, 5.41) is 0. The molecular weight excluding hydrogens is 416 g/mol. The van der Waals surface area contributed by atoms with Crippen LogP contribution in [0.5, 0.6) is 0 Å². The van der Waals surface area contributed by atoms with Gasteiger partial charge >= 0.3 is 17.6 Å². The van der Waals surface area contributed by atoms with Crippen LogP contribution in [0.2, 0.25) is 0 Å². The van der Waals surface area contributed by atoms with Crippen molar-refractivity contribution in [1.29, 1.82) is 0 Å². The van der Waals surface area contributed by atoms with Gasteiger partial charge in [0.2, 0.25) is 0 Å². The van der Waals surface area contributed by atoms with E-state index in [-0.39, 0.29) is 13.0 Å². The van der Waals surface area contributed by atoms with Gasteiger partial charge in [0.25, 0.3) is 5.56 Å². The largest absolute Gasteiger partial charge is 0.459 e. The Balaban J connectivity index is 1.51. The lowest BCUT2D eigenvalue weighted by atomic mass is 10.1. The second-order valence-electron chi connectivity index (χ2n) is 7.16. The lowest BCUT2D eigenvalue weighted by Crippen LogP contribution is -2.32. The molecule has 0 amide bonds. The van der Waals surface area contributed by atoms with Gasteiger partial charge in [-0.25, -0.2) is 14.4 Å². The SMILES string of the molecule is O=C(OC[C@@H]1O[C@@H](n2ccc(=O)[nH]c2=O)CC1OC(=O)c1ccccc1)c1ccccc1. The van der Waals surface area contributed by atoms with Gasteiger partial charge in [-0.2, -0.15) is 0 Å². The fourth-order valence-electron chi connectivity index (χ4n) is 3.39. The van der Waals surface area contributed by atoms with Gasteiger partial charge in [-0.05, 0) is 24.3 Å². The third-order valence-corrected chi connectivity index (χ3v) is 5.00. The van der Waals surface area contributed by atoms with E-state index in [1.54, 1.807) is 60.7 Å². The number of H-pyrrole nitrogens is 1. The molecule has 3 atom stereocenters. The highest BCUT2D eigenvalue weighted by Gasteiger charge is 2.40. The maximum absolute atomic E-state index is 12.6. The molecule has 1 saturated heterocycles. The number of aromatic nitrogens is 2. The van der Waals surface area contributed by atoms with Gasteiger partial charge in [0, 0.05) is 18.7 Å². The topological polar surface area (TPSA) is 117 Å². The van der Waals surface area contributed by atoms with Crippen LogP contribution in [-0.2, 0) is 14.2 Å². The number of hydrogen-bond acceptors (Lipinski definition) is 7. The van der Waals surface area contributed by atoms with Gasteiger partial charge in [0.05, 0.1) is 11.1 Å². The first-order valence-electron chi connectivity index (χ1n) is 9.96. The molecule has 4 rings (SSSR count). The molecule has 0 spiro atoms. The first-order chi connectivity index (χ1) is 15.5. The number of nitrogens with zero attached hydrogens (tertiary/aromatic N) is 1. The smallest absolute Gasteiger partial charge is 0.338 e. The van der Waals surface area contributed by atoms with Crippen LogP contribution in [0.4, 0.5) is 0 Å².